The van der Waals surface area contributed by atoms with E-state index in [1.807, 2.05) is 37.3 Å². The van der Waals surface area contributed by atoms with E-state index in [9.17, 15) is 9.90 Å². The van der Waals surface area contributed by atoms with Gasteiger partial charge in [-0.05, 0) is 79.6 Å². The Morgan fingerprint density at radius 2 is 1.89 bits per heavy atom. The minimum Gasteiger partial charge on any atom is -0.488 e. The maximum absolute atomic E-state index is 11.7. The number of fused-ring (bicyclic) bond motifs is 1. The van der Waals surface area contributed by atoms with Gasteiger partial charge in [0.1, 0.15) is 17.9 Å². The first-order chi connectivity index (χ1) is 21.9. The third kappa shape index (κ3) is 6.73. The van der Waals surface area contributed by atoms with Crippen LogP contribution in [0.15, 0.2) is 54.7 Å². The molecule has 2 aliphatic heterocycles. The number of aryl methyl sites for hydroxylation is 1. The Kier molecular flexibility index (Phi) is 9.44. The minimum absolute atomic E-state index is 0.0136. The monoisotopic (exact) mass is 612 g/mol. The van der Waals surface area contributed by atoms with E-state index >= 15 is 0 Å². The number of aromatic nitrogens is 3. The van der Waals surface area contributed by atoms with Crippen molar-refractivity contribution in [2.45, 2.75) is 46.3 Å². The van der Waals surface area contributed by atoms with Crippen LogP contribution in [0.3, 0.4) is 0 Å². The fraction of sp³-hybridized carbons (Fsp3) is 0.400. The summed E-state index contributed by atoms with van der Waals surface area (Å²) >= 11 is 0. The lowest BCUT2D eigenvalue weighted by Gasteiger charge is -2.29. The Bertz CT molecular complexity index is 1660. The molecule has 0 saturated carbocycles. The number of aromatic carboxylic acids is 1. The molecule has 4 aromatic rings. The normalized spacial score (nSPS) is 17.0. The molecule has 1 N–H and O–H groups in total. The number of nitrogens with zero attached hydrogens (tertiary/aromatic N) is 4. The second kappa shape index (κ2) is 13.8. The molecule has 0 radical (unpaired) electrons. The second-order valence-electron chi connectivity index (χ2n) is 11.5. The fourth-order valence-electron chi connectivity index (χ4n) is 6.18. The highest BCUT2D eigenvalue weighted by Crippen LogP contribution is 2.34. The Morgan fingerprint density at radius 3 is 2.69 bits per heavy atom. The Hall–Kier alpha value is -4.25. The summed E-state index contributed by atoms with van der Waals surface area (Å²) in [4.78, 5) is 19.1. The molecule has 0 unspecified atom stereocenters. The van der Waals surface area contributed by atoms with E-state index in [-0.39, 0.29) is 17.5 Å². The summed E-state index contributed by atoms with van der Waals surface area (Å²) < 4.78 is 25.1. The van der Waals surface area contributed by atoms with Gasteiger partial charge in [-0.2, -0.15) is 9.78 Å². The van der Waals surface area contributed by atoms with Crippen molar-refractivity contribution in [1.29, 1.82) is 0 Å². The number of carbonyl (C=O) groups is 1. The van der Waals surface area contributed by atoms with Crippen molar-refractivity contribution in [2.24, 2.45) is 0 Å². The van der Waals surface area contributed by atoms with Crippen molar-refractivity contribution in [2.75, 3.05) is 46.1 Å². The van der Waals surface area contributed by atoms with Crippen LogP contribution in [-0.4, -0.2) is 82.9 Å². The molecule has 0 bridgehead atoms. The second-order valence-corrected chi connectivity index (χ2v) is 11.5. The van der Waals surface area contributed by atoms with Gasteiger partial charge in [-0.1, -0.05) is 30.3 Å². The van der Waals surface area contributed by atoms with Crippen molar-refractivity contribution in [1.82, 2.24) is 19.7 Å². The number of carboxylic acid groups (broad SMARTS) is 1. The SMILES string of the molecule is CCOc1c(C(=O)O)cnn1-c1cccc(-c2cccc(C)c2OCc2ccc3c(c2C)CCN(C[C@@H]2COCCO2)CC3)n1. The van der Waals surface area contributed by atoms with Crippen molar-refractivity contribution in [3.63, 3.8) is 0 Å². The molecule has 0 aliphatic carbocycles. The predicted octanol–water partition coefficient (Wildman–Crippen LogP) is 5.04. The van der Waals surface area contributed by atoms with Crippen molar-refractivity contribution in [3.8, 4) is 28.7 Å². The lowest BCUT2D eigenvalue weighted by atomic mass is 9.94. The van der Waals surface area contributed by atoms with E-state index in [0.717, 1.165) is 49.4 Å². The summed E-state index contributed by atoms with van der Waals surface area (Å²) in [6.07, 6.45) is 3.44. The Balaban J connectivity index is 1.21. The molecule has 0 amide bonds. The van der Waals surface area contributed by atoms with Crippen LogP contribution in [0.25, 0.3) is 17.1 Å². The van der Waals surface area contributed by atoms with Gasteiger partial charge in [0, 0.05) is 25.2 Å². The molecule has 1 fully saturated rings. The number of pyridine rings is 1. The first-order valence-electron chi connectivity index (χ1n) is 15.6. The zero-order valence-corrected chi connectivity index (χ0v) is 26.1. The Labute approximate surface area is 263 Å². The molecule has 0 spiro atoms. The average molecular weight is 613 g/mol. The predicted molar refractivity (Wildman–Crippen MR) is 170 cm³/mol. The lowest BCUT2D eigenvalue weighted by Crippen LogP contribution is -2.41. The maximum Gasteiger partial charge on any atom is 0.342 e. The number of ether oxygens (including phenoxy) is 4. The molecular formula is C35H40N4O6. The maximum atomic E-state index is 11.7. The summed E-state index contributed by atoms with van der Waals surface area (Å²) in [5.74, 6) is 0.251. The highest BCUT2D eigenvalue weighted by molar-refractivity contribution is 5.90. The van der Waals surface area contributed by atoms with Crippen LogP contribution in [0.4, 0.5) is 0 Å². The van der Waals surface area contributed by atoms with Crippen LogP contribution in [0.1, 0.15) is 45.1 Å². The van der Waals surface area contributed by atoms with Gasteiger partial charge in [-0.3, -0.25) is 0 Å². The van der Waals surface area contributed by atoms with Gasteiger partial charge >= 0.3 is 5.97 Å². The quantitative estimate of drug-likeness (QED) is 0.263. The summed E-state index contributed by atoms with van der Waals surface area (Å²) in [5.41, 5.74) is 7.81. The van der Waals surface area contributed by atoms with Gasteiger partial charge < -0.3 is 29.0 Å². The first-order valence-corrected chi connectivity index (χ1v) is 15.6. The molecular weight excluding hydrogens is 572 g/mol. The van der Waals surface area contributed by atoms with E-state index < -0.39 is 5.97 Å². The standard InChI is InChI=1S/C35H40N4O6/c1-4-43-34-30(35(40)41)19-36-39(34)32-10-6-9-31(37-32)29-8-5-7-23(2)33(29)45-21-26-12-11-25-13-15-38(16-14-28(25)24(26)3)20-27-22-42-17-18-44-27/h5-12,19,27H,4,13-18,20-22H2,1-3H3,(H,40,41)/t27-/m1/s1. The number of hydrogen-bond donors (Lipinski definition) is 1. The van der Waals surface area contributed by atoms with E-state index in [0.29, 0.717) is 44.5 Å². The zero-order valence-electron chi connectivity index (χ0n) is 26.1. The smallest absolute Gasteiger partial charge is 0.342 e. The molecule has 1 saturated heterocycles. The van der Waals surface area contributed by atoms with Crippen molar-refractivity contribution >= 4 is 5.97 Å². The van der Waals surface area contributed by atoms with Crippen LogP contribution in [-0.2, 0) is 28.9 Å². The lowest BCUT2D eigenvalue weighted by molar-refractivity contribution is -0.0972. The van der Waals surface area contributed by atoms with Crippen molar-refractivity contribution in [3.05, 3.63) is 88.1 Å². The molecule has 2 aliphatic rings. The molecule has 45 heavy (non-hydrogen) atoms. The van der Waals surface area contributed by atoms with Gasteiger partial charge in [-0.25, -0.2) is 9.78 Å². The molecule has 6 rings (SSSR count). The Morgan fingerprint density at radius 1 is 1.04 bits per heavy atom. The third-order valence-corrected chi connectivity index (χ3v) is 8.58. The number of rotatable bonds is 10. The summed E-state index contributed by atoms with van der Waals surface area (Å²) in [6.45, 7) is 11.7. The van der Waals surface area contributed by atoms with Crippen LogP contribution in [0.2, 0.25) is 0 Å². The van der Waals surface area contributed by atoms with Gasteiger partial charge in [0.05, 0.1) is 44.4 Å². The first kappa shape index (κ1) is 30.8. The van der Waals surface area contributed by atoms with Crippen LogP contribution >= 0.6 is 0 Å². The van der Waals surface area contributed by atoms with Crippen molar-refractivity contribution < 1.29 is 28.8 Å². The zero-order chi connectivity index (χ0) is 31.3. The molecule has 2 aromatic heterocycles. The largest absolute Gasteiger partial charge is 0.488 e. The number of hydrogen-bond acceptors (Lipinski definition) is 8. The van der Waals surface area contributed by atoms with Gasteiger partial charge in [0.15, 0.2) is 5.82 Å². The van der Waals surface area contributed by atoms with E-state index in [4.69, 9.17) is 23.9 Å². The molecule has 10 nitrogen and oxygen atoms in total. The summed E-state index contributed by atoms with van der Waals surface area (Å²) in [6, 6.07) is 16.0. The molecule has 236 valence electrons. The molecule has 2 aromatic carbocycles. The van der Waals surface area contributed by atoms with Gasteiger partial charge in [0.2, 0.25) is 5.88 Å². The van der Waals surface area contributed by atoms with Gasteiger partial charge in [0.25, 0.3) is 0 Å². The van der Waals surface area contributed by atoms with E-state index in [1.165, 1.54) is 33.1 Å². The van der Waals surface area contributed by atoms with E-state index in [2.05, 4.69) is 29.1 Å². The molecule has 1 atom stereocenters. The van der Waals surface area contributed by atoms with E-state index in [1.54, 1.807) is 13.0 Å². The van der Waals surface area contributed by atoms with Crippen LogP contribution in [0, 0.1) is 13.8 Å². The third-order valence-electron chi connectivity index (χ3n) is 8.58. The van der Waals surface area contributed by atoms with Gasteiger partial charge in [-0.15, -0.1) is 0 Å². The topological polar surface area (TPSA) is 108 Å². The highest BCUT2D eigenvalue weighted by atomic mass is 16.6. The summed E-state index contributed by atoms with van der Waals surface area (Å²) in [5, 5.41) is 13.9. The number of benzene rings is 2. The molecule has 10 heteroatoms. The molecule has 4 heterocycles. The summed E-state index contributed by atoms with van der Waals surface area (Å²) in [7, 11) is 0. The average Bonchev–Trinajstić information content (AvgIpc) is 3.36. The van der Waals surface area contributed by atoms with Crippen LogP contribution < -0.4 is 9.47 Å². The number of para-hydroxylation sites is 1. The minimum atomic E-state index is -1.11. The number of carboxylic acids is 1. The van der Waals surface area contributed by atoms with Crippen LogP contribution in [0.5, 0.6) is 11.6 Å². The highest BCUT2D eigenvalue weighted by Gasteiger charge is 2.23. The fourth-order valence-corrected chi connectivity index (χ4v) is 6.18.